The van der Waals surface area contributed by atoms with Crippen LogP contribution in [0.25, 0.3) is 0 Å². The van der Waals surface area contributed by atoms with Gasteiger partial charge in [0, 0.05) is 17.6 Å². The molecule has 1 aromatic heterocycles. The Morgan fingerprint density at radius 2 is 2.13 bits per heavy atom. The van der Waals surface area contributed by atoms with Crippen molar-refractivity contribution in [1.82, 2.24) is 10.2 Å². The van der Waals surface area contributed by atoms with Crippen LogP contribution in [-0.2, 0) is 12.8 Å². The zero-order chi connectivity index (χ0) is 16.0. The lowest BCUT2D eigenvalue weighted by Crippen LogP contribution is -2.27. The number of rotatable bonds is 3. The third kappa shape index (κ3) is 2.93. The molecule has 1 fully saturated rings. The Balaban J connectivity index is 1.52. The first-order valence-corrected chi connectivity index (χ1v) is 8.83. The van der Waals surface area contributed by atoms with E-state index < -0.39 is 0 Å². The summed E-state index contributed by atoms with van der Waals surface area (Å²) in [5, 5.41) is 10.1. The van der Waals surface area contributed by atoms with Crippen LogP contribution in [0.1, 0.15) is 52.5 Å². The number of anilines is 1. The number of halogens is 1. The third-order valence-corrected chi connectivity index (χ3v) is 5.47. The van der Waals surface area contributed by atoms with Gasteiger partial charge >= 0.3 is 0 Å². The van der Waals surface area contributed by atoms with Gasteiger partial charge in [0.25, 0.3) is 5.91 Å². The zero-order valence-corrected chi connectivity index (χ0v) is 14.3. The van der Waals surface area contributed by atoms with E-state index in [9.17, 15) is 4.79 Å². The molecule has 2 aliphatic rings. The second-order valence-corrected chi connectivity index (χ2v) is 7.31. The molecule has 1 heterocycles. The number of hydrogen-bond acceptors (Lipinski definition) is 3. The summed E-state index contributed by atoms with van der Waals surface area (Å²) in [6.45, 7) is 0. The number of carbonyl (C=O) groups is 1. The van der Waals surface area contributed by atoms with Gasteiger partial charge in [-0.3, -0.25) is 9.89 Å². The van der Waals surface area contributed by atoms with E-state index in [4.69, 9.17) is 5.73 Å². The normalized spacial score (nSPS) is 20.2. The van der Waals surface area contributed by atoms with E-state index in [0.29, 0.717) is 11.6 Å². The Kier molecular flexibility index (Phi) is 3.73. The van der Waals surface area contributed by atoms with E-state index in [2.05, 4.69) is 43.6 Å². The smallest absolute Gasteiger partial charge is 0.277 e. The number of fused-ring (bicyclic) bond motifs is 1. The van der Waals surface area contributed by atoms with Gasteiger partial charge < -0.3 is 11.1 Å². The molecular weight excluding hydrogens is 356 g/mol. The summed E-state index contributed by atoms with van der Waals surface area (Å²) >= 11 is 3.50. The number of carbonyl (C=O) groups excluding carboxylic acids is 1. The molecule has 4 rings (SSSR count). The standard InChI is InChI=1S/C17H19BrN4O/c18-14-15(9-1-2-9)21-22-16(14)17(23)20-13-6-4-10-7-12(19)5-3-11(10)8-13/h4,6,8-9,12H,1-3,5,7,19H2,(H,20,23)(H,21,22). The average Bonchev–Trinajstić information content (AvgIpc) is 3.30. The minimum Gasteiger partial charge on any atom is -0.327 e. The summed E-state index contributed by atoms with van der Waals surface area (Å²) in [7, 11) is 0. The molecular formula is C17H19BrN4O. The molecule has 2 aromatic rings. The van der Waals surface area contributed by atoms with Crippen molar-refractivity contribution in [1.29, 1.82) is 0 Å². The van der Waals surface area contributed by atoms with Gasteiger partial charge in [-0.1, -0.05) is 6.07 Å². The molecule has 6 heteroatoms. The Hall–Kier alpha value is -1.66. The van der Waals surface area contributed by atoms with Gasteiger partial charge in [-0.15, -0.1) is 0 Å². The Bertz CT molecular complexity index is 766. The highest BCUT2D eigenvalue weighted by molar-refractivity contribution is 9.10. The summed E-state index contributed by atoms with van der Waals surface area (Å²) < 4.78 is 0.793. The van der Waals surface area contributed by atoms with Crippen LogP contribution in [0, 0.1) is 0 Å². The highest BCUT2D eigenvalue weighted by atomic mass is 79.9. The fraction of sp³-hybridized carbons (Fsp3) is 0.412. The molecule has 0 aliphatic heterocycles. The lowest BCUT2D eigenvalue weighted by molar-refractivity contribution is 0.102. The summed E-state index contributed by atoms with van der Waals surface area (Å²) in [6.07, 6.45) is 5.21. The van der Waals surface area contributed by atoms with Crippen LogP contribution in [-0.4, -0.2) is 22.1 Å². The maximum Gasteiger partial charge on any atom is 0.277 e. The number of H-pyrrole nitrogens is 1. The fourth-order valence-electron chi connectivity index (χ4n) is 3.19. The maximum absolute atomic E-state index is 12.5. The minimum absolute atomic E-state index is 0.188. The monoisotopic (exact) mass is 374 g/mol. The lowest BCUT2D eigenvalue weighted by atomic mass is 9.88. The van der Waals surface area contributed by atoms with Crippen molar-refractivity contribution in [3.8, 4) is 0 Å². The van der Waals surface area contributed by atoms with Crippen molar-refractivity contribution >= 4 is 27.5 Å². The highest BCUT2D eigenvalue weighted by Gasteiger charge is 2.30. The number of hydrogen-bond donors (Lipinski definition) is 3. The van der Waals surface area contributed by atoms with Gasteiger partial charge in [-0.2, -0.15) is 5.10 Å². The van der Waals surface area contributed by atoms with Crippen LogP contribution in [0.4, 0.5) is 5.69 Å². The van der Waals surface area contributed by atoms with Gasteiger partial charge in [-0.25, -0.2) is 0 Å². The van der Waals surface area contributed by atoms with E-state index >= 15 is 0 Å². The number of aromatic amines is 1. The average molecular weight is 375 g/mol. The Morgan fingerprint density at radius 1 is 1.30 bits per heavy atom. The predicted octanol–water partition coefficient (Wildman–Crippen LogP) is 3.12. The van der Waals surface area contributed by atoms with Crippen LogP contribution in [0.3, 0.4) is 0 Å². The number of aryl methyl sites for hydroxylation is 1. The molecule has 0 spiro atoms. The van der Waals surface area contributed by atoms with Crippen molar-refractivity contribution in [3.05, 3.63) is 45.2 Å². The van der Waals surface area contributed by atoms with Crippen molar-refractivity contribution in [3.63, 3.8) is 0 Å². The molecule has 2 aliphatic carbocycles. The second-order valence-electron chi connectivity index (χ2n) is 6.51. The lowest BCUT2D eigenvalue weighted by Gasteiger charge is -2.22. The first kappa shape index (κ1) is 14.9. The van der Waals surface area contributed by atoms with Crippen molar-refractivity contribution in [2.24, 2.45) is 5.73 Å². The summed E-state index contributed by atoms with van der Waals surface area (Å²) in [5.74, 6) is 0.332. The van der Waals surface area contributed by atoms with Crippen LogP contribution in [0.2, 0.25) is 0 Å². The van der Waals surface area contributed by atoms with Gasteiger partial charge in [0.15, 0.2) is 5.69 Å². The summed E-state index contributed by atoms with van der Waals surface area (Å²) in [5.41, 5.74) is 10.8. The van der Waals surface area contributed by atoms with Crippen LogP contribution >= 0.6 is 15.9 Å². The molecule has 1 amide bonds. The molecule has 4 N–H and O–H groups in total. The Labute approximate surface area is 143 Å². The number of amides is 1. The fourth-order valence-corrected chi connectivity index (χ4v) is 3.87. The molecule has 1 atom stereocenters. The largest absolute Gasteiger partial charge is 0.327 e. The van der Waals surface area contributed by atoms with Gasteiger partial charge in [0.2, 0.25) is 0 Å². The molecule has 0 saturated heterocycles. The molecule has 1 unspecified atom stereocenters. The first-order chi connectivity index (χ1) is 11.1. The summed E-state index contributed by atoms with van der Waals surface area (Å²) in [6, 6.07) is 6.32. The Morgan fingerprint density at radius 3 is 2.91 bits per heavy atom. The van der Waals surface area contributed by atoms with Crippen molar-refractivity contribution in [2.45, 2.75) is 44.1 Å². The number of nitrogens with zero attached hydrogens (tertiary/aromatic N) is 1. The van der Waals surface area contributed by atoms with E-state index in [1.807, 2.05) is 6.07 Å². The minimum atomic E-state index is -0.188. The number of nitrogens with two attached hydrogens (primary N) is 1. The molecule has 120 valence electrons. The topological polar surface area (TPSA) is 83.8 Å². The van der Waals surface area contributed by atoms with E-state index in [0.717, 1.165) is 48.0 Å². The van der Waals surface area contributed by atoms with Crippen LogP contribution < -0.4 is 11.1 Å². The van der Waals surface area contributed by atoms with Gasteiger partial charge in [0.05, 0.1) is 10.2 Å². The van der Waals surface area contributed by atoms with Crippen molar-refractivity contribution in [2.75, 3.05) is 5.32 Å². The summed E-state index contributed by atoms with van der Waals surface area (Å²) in [4.78, 5) is 12.5. The second kappa shape index (κ2) is 5.76. The molecule has 23 heavy (non-hydrogen) atoms. The van der Waals surface area contributed by atoms with Crippen molar-refractivity contribution < 1.29 is 4.79 Å². The predicted molar refractivity (Wildman–Crippen MR) is 92.7 cm³/mol. The molecule has 5 nitrogen and oxygen atoms in total. The number of nitrogens with one attached hydrogen (secondary N) is 2. The first-order valence-electron chi connectivity index (χ1n) is 8.04. The SMILES string of the molecule is NC1CCc2cc(NC(=O)c3n[nH]c(C4CC4)c3Br)ccc2C1. The third-order valence-electron chi connectivity index (χ3n) is 4.66. The zero-order valence-electron chi connectivity index (χ0n) is 12.7. The van der Waals surface area contributed by atoms with E-state index in [-0.39, 0.29) is 11.9 Å². The molecule has 0 radical (unpaired) electrons. The quantitative estimate of drug-likeness (QED) is 0.771. The van der Waals surface area contributed by atoms with Gasteiger partial charge in [0.1, 0.15) is 0 Å². The van der Waals surface area contributed by atoms with E-state index in [1.165, 1.54) is 11.1 Å². The molecule has 1 aromatic carbocycles. The number of benzene rings is 1. The van der Waals surface area contributed by atoms with Gasteiger partial charge in [-0.05, 0) is 71.3 Å². The molecule has 1 saturated carbocycles. The van der Waals surface area contributed by atoms with Crippen LogP contribution in [0.15, 0.2) is 22.7 Å². The maximum atomic E-state index is 12.5. The van der Waals surface area contributed by atoms with E-state index in [1.54, 1.807) is 0 Å². The number of aromatic nitrogens is 2. The van der Waals surface area contributed by atoms with Crippen LogP contribution in [0.5, 0.6) is 0 Å². The highest BCUT2D eigenvalue weighted by Crippen LogP contribution is 2.43. The molecule has 0 bridgehead atoms.